The largest absolute Gasteiger partial charge is 0.324 e. The van der Waals surface area contributed by atoms with E-state index in [0.717, 1.165) is 5.56 Å². The molecule has 3 rings (SSSR count). The highest BCUT2D eigenvalue weighted by Crippen LogP contribution is 2.27. The van der Waals surface area contributed by atoms with E-state index in [2.05, 4.69) is 31.0 Å². The monoisotopic (exact) mass is 399 g/mol. The highest BCUT2D eigenvalue weighted by molar-refractivity contribution is 9.10. The Bertz CT molecular complexity index is 851. The van der Waals surface area contributed by atoms with Crippen LogP contribution in [-0.4, -0.2) is 14.4 Å². The van der Waals surface area contributed by atoms with Crippen molar-refractivity contribution in [1.29, 1.82) is 0 Å². The number of anilines is 1. The van der Waals surface area contributed by atoms with Crippen molar-refractivity contribution in [2.75, 3.05) is 5.32 Å². The maximum absolute atomic E-state index is 12.2. The van der Waals surface area contributed by atoms with Gasteiger partial charge in [-0.3, -0.25) is 0 Å². The fourth-order valence-electron chi connectivity index (χ4n) is 1.99. The third-order valence-corrected chi connectivity index (χ3v) is 5.17. The predicted molar refractivity (Wildman–Crippen MR) is 90.7 cm³/mol. The second-order valence-electron chi connectivity index (χ2n) is 4.66. The maximum atomic E-state index is 12.2. The van der Waals surface area contributed by atoms with Crippen LogP contribution in [0.15, 0.2) is 56.8 Å². The van der Waals surface area contributed by atoms with E-state index >= 15 is 0 Å². The zero-order valence-corrected chi connectivity index (χ0v) is 14.3. The highest BCUT2D eigenvalue weighted by Gasteiger charge is 2.26. The van der Waals surface area contributed by atoms with Crippen LogP contribution in [-0.2, 0) is 16.6 Å². The van der Waals surface area contributed by atoms with E-state index in [9.17, 15) is 8.42 Å². The maximum Gasteiger partial charge on any atom is 0.266 e. The Balaban J connectivity index is 1.87. The normalized spacial score (nSPS) is 17.5. The summed E-state index contributed by atoms with van der Waals surface area (Å²) in [5.41, 5.74) is 1.43. The van der Waals surface area contributed by atoms with Gasteiger partial charge < -0.3 is 5.32 Å². The molecule has 1 heterocycles. The number of aliphatic imine (C=N–C) groups is 1. The molecule has 22 heavy (non-hydrogen) atoms. The Hall–Kier alpha value is -1.57. The molecule has 0 aliphatic carbocycles. The molecule has 2 aromatic carbocycles. The molecular weight excluding hydrogens is 390 g/mol. The molecule has 0 saturated carbocycles. The van der Waals surface area contributed by atoms with Crippen LogP contribution in [0.4, 0.5) is 5.69 Å². The van der Waals surface area contributed by atoms with Crippen LogP contribution < -0.4 is 10.0 Å². The lowest BCUT2D eigenvalue weighted by molar-refractivity contribution is 0.591. The van der Waals surface area contributed by atoms with Crippen molar-refractivity contribution in [3.8, 4) is 0 Å². The van der Waals surface area contributed by atoms with E-state index in [0.29, 0.717) is 21.7 Å². The number of fused-ring (bicyclic) bond motifs is 1. The number of sulfonamides is 1. The van der Waals surface area contributed by atoms with Gasteiger partial charge in [0.05, 0.1) is 12.2 Å². The van der Waals surface area contributed by atoms with Crippen LogP contribution in [0.1, 0.15) is 5.56 Å². The average Bonchev–Trinajstić information content (AvgIpc) is 2.47. The Kier molecular flexibility index (Phi) is 4.12. The number of hydrogen-bond donors (Lipinski definition) is 2. The van der Waals surface area contributed by atoms with Crippen LogP contribution in [0.2, 0.25) is 5.02 Å². The molecule has 0 unspecified atom stereocenters. The molecule has 0 fully saturated rings. The van der Waals surface area contributed by atoms with E-state index < -0.39 is 10.0 Å². The lowest BCUT2D eigenvalue weighted by atomic mass is 10.2. The second kappa shape index (κ2) is 5.91. The van der Waals surface area contributed by atoms with E-state index in [1.54, 1.807) is 30.3 Å². The van der Waals surface area contributed by atoms with Gasteiger partial charge in [0.15, 0.2) is 0 Å². The number of nitrogens with one attached hydrogen (secondary N) is 2. The van der Waals surface area contributed by atoms with Crippen LogP contribution in [0.3, 0.4) is 0 Å². The molecule has 0 radical (unpaired) electrons. The van der Waals surface area contributed by atoms with E-state index in [1.807, 2.05) is 12.1 Å². The van der Waals surface area contributed by atoms with Gasteiger partial charge in [-0.1, -0.05) is 39.7 Å². The summed E-state index contributed by atoms with van der Waals surface area (Å²) in [6, 6.07) is 12.2. The molecule has 0 atom stereocenters. The van der Waals surface area contributed by atoms with E-state index in [4.69, 9.17) is 11.6 Å². The summed E-state index contributed by atoms with van der Waals surface area (Å²) in [7, 11) is -3.62. The zero-order valence-electron chi connectivity index (χ0n) is 11.2. The van der Waals surface area contributed by atoms with Gasteiger partial charge in [0.25, 0.3) is 10.0 Å². The van der Waals surface area contributed by atoms with Crippen molar-refractivity contribution in [1.82, 2.24) is 4.72 Å². The molecular formula is C14H11BrClN3O2S. The van der Waals surface area contributed by atoms with Gasteiger partial charge in [0, 0.05) is 9.50 Å². The number of guanidine groups is 1. The number of rotatable bonds is 2. The van der Waals surface area contributed by atoms with Gasteiger partial charge in [-0.25, -0.2) is 18.1 Å². The molecule has 0 saturated heterocycles. The summed E-state index contributed by atoms with van der Waals surface area (Å²) in [5, 5.41) is 3.62. The number of halogens is 2. The fourth-order valence-corrected chi connectivity index (χ4v) is 3.80. The minimum Gasteiger partial charge on any atom is -0.324 e. The van der Waals surface area contributed by atoms with Gasteiger partial charge in [0.1, 0.15) is 4.90 Å². The van der Waals surface area contributed by atoms with E-state index in [-0.39, 0.29) is 10.9 Å². The molecule has 0 aromatic heterocycles. The Morgan fingerprint density at radius 3 is 2.59 bits per heavy atom. The number of hydrogen-bond acceptors (Lipinski definition) is 3. The standard InChI is InChI=1S/C14H11BrClN3O2S/c15-10-3-6-12-13(7-10)22(20,21)19-14(18-12)17-8-9-1-4-11(16)5-2-9/h1-7H,8H2,(H2,17,18,19). The third-order valence-electron chi connectivity index (χ3n) is 3.05. The first-order valence-corrected chi connectivity index (χ1v) is 8.98. The molecule has 1 aliphatic rings. The van der Waals surface area contributed by atoms with Gasteiger partial charge >= 0.3 is 0 Å². The Morgan fingerprint density at radius 2 is 1.86 bits per heavy atom. The predicted octanol–water partition coefficient (Wildman–Crippen LogP) is 3.36. The van der Waals surface area contributed by atoms with Gasteiger partial charge in [-0.05, 0) is 35.9 Å². The van der Waals surface area contributed by atoms with Crippen LogP contribution in [0, 0.1) is 0 Å². The van der Waals surface area contributed by atoms with Crippen molar-refractivity contribution in [3.05, 3.63) is 57.5 Å². The Labute approximate surface area is 141 Å². The summed E-state index contributed by atoms with van der Waals surface area (Å²) in [6.07, 6.45) is 0. The third kappa shape index (κ3) is 3.26. The van der Waals surface area contributed by atoms with Crippen LogP contribution in [0.5, 0.6) is 0 Å². The number of nitrogens with zero attached hydrogens (tertiary/aromatic N) is 1. The SMILES string of the molecule is O=S1(=O)NC(=NCc2ccc(Cl)cc2)Nc2ccc(Br)cc21. The van der Waals surface area contributed by atoms with E-state index in [1.165, 1.54) is 0 Å². The van der Waals surface area contributed by atoms with Crippen molar-refractivity contribution >= 4 is 49.2 Å². The molecule has 2 N–H and O–H groups in total. The summed E-state index contributed by atoms with van der Waals surface area (Å²) in [6.45, 7) is 0.341. The van der Waals surface area contributed by atoms with Crippen molar-refractivity contribution in [3.63, 3.8) is 0 Å². The second-order valence-corrected chi connectivity index (χ2v) is 7.67. The van der Waals surface area contributed by atoms with Crippen LogP contribution in [0.25, 0.3) is 0 Å². The molecule has 0 amide bonds. The smallest absolute Gasteiger partial charge is 0.266 e. The fraction of sp³-hybridized carbons (Fsp3) is 0.0714. The van der Waals surface area contributed by atoms with Gasteiger partial charge in [-0.2, -0.15) is 0 Å². The lowest BCUT2D eigenvalue weighted by Gasteiger charge is -2.21. The van der Waals surface area contributed by atoms with Gasteiger partial charge in [0.2, 0.25) is 5.96 Å². The minimum atomic E-state index is -3.62. The topological polar surface area (TPSA) is 70.6 Å². The molecule has 114 valence electrons. The first kappa shape index (κ1) is 15.3. The zero-order chi connectivity index (χ0) is 15.7. The number of benzene rings is 2. The van der Waals surface area contributed by atoms with Crippen LogP contribution >= 0.6 is 27.5 Å². The quantitative estimate of drug-likeness (QED) is 0.812. The molecule has 0 bridgehead atoms. The van der Waals surface area contributed by atoms with Crippen molar-refractivity contribution in [2.24, 2.45) is 4.99 Å². The summed E-state index contributed by atoms with van der Waals surface area (Å²) in [4.78, 5) is 4.45. The summed E-state index contributed by atoms with van der Waals surface area (Å²) >= 11 is 9.09. The van der Waals surface area contributed by atoms with Crippen molar-refractivity contribution < 1.29 is 8.42 Å². The summed E-state index contributed by atoms with van der Waals surface area (Å²) in [5.74, 6) is 0.199. The average molecular weight is 401 g/mol. The molecule has 2 aromatic rings. The first-order valence-electron chi connectivity index (χ1n) is 6.32. The molecule has 0 spiro atoms. The minimum absolute atomic E-state index is 0.187. The van der Waals surface area contributed by atoms with Crippen molar-refractivity contribution in [2.45, 2.75) is 11.4 Å². The highest BCUT2D eigenvalue weighted by atomic mass is 79.9. The molecule has 8 heteroatoms. The molecule has 1 aliphatic heterocycles. The lowest BCUT2D eigenvalue weighted by Crippen LogP contribution is -2.40. The van der Waals surface area contributed by atoms with Gasteiger partial charge in [-0.15, -0.1) is 0 Å². The summed E-state index contributed by atoms with van der Waals surface area (Å²) < 4.78 is 27.6. The molecule has 5 nitrogen and oxygen atoms in total. The Morgan fingerprint density at radius 1 is 1.14 bits per heavy atom. The first-order chi connectivity index (χ1) is 10.4.